The highest BCUT2D eigenvalue weighted by molar-refractivity contribution is 5.96. The Labute approximate surface area is 281 Å². The summed E-state index contributed by atoms with van der Waals surface area (Å²) < 4.78 is 5.38. The number of carbonyl (C=O) groups excluding carboxylic acids is 6. The van der Waals surface area contributed by atoms with Gasteiger partial charge in [-0.3, -0.25) is 49.3 Å². The van der Waals surface area contributed by atoms with E-state index in [2.05, 4.69) is 10.6 Å². The van der Waals surface area contributed by atoms with Gasteiger partial charge >= 0.3 is 5.97 Å². The number of hydrogen-bond donors (Lipinski definition) is 6. The number of aliphatic hydroxyl groups is 1. The summed E-state index contributed by atoms with van der Waals surface area (Å²) in [5.41, 5.74) is 1.17. The second-order valence-electron chi connectivity index (χ2n) is 12.0. The van der Waals surface area contributed by atoms with Crippen LogP contribution in [0.5, 0.6) is 0 Å². The first-order valence-corrected chi connectivity index (χ1v) is 15.9. The SMILES string of the molecule is CC(=O)N(O)CCCC1NC(=O)C(CCCN(O)C(=O)C=C(C)CCOC(=O)C(CCCN(O)C(=O)C=C(C)CCO)N(C)C)NC1=O. The standard InChI is InChI=1S/C31H52N6O11/c1-21(12-17-38)19-27(40)37(47)16-8-11-26(34(4)5)31(44)48-18-13-22(2)20-28(41)36(46)15-7-10-25-30(43)32-24(29(42)33-25)9-6-14-35(45)23(3)39/h19-20,24-26,38,45-47H,6-18H2,1-5H3,(H,32,43)(H,33,42). The van der Waals surface area contributed by atoms with E-state index in [4.69, 9.17) is 9.84 Å². The van der Waals surface area contributed by atoms with Crippen molar-refractivity contribution < 1.29 is 54.2 Å². The molecule has 17 heteroatoms. The van der Waals surface area contributed by atoms with E-state index in [-0.39, 0.29) is 58.5 Å². The van der Waals surface area contributed by atoms with Crippen molar-refractivity contribution in [3.05, 3.63) is 23.3 Å². The highest BCUT2D eigenvalue weighted by Gasteiger charge is 2.33. The number of nitrogens with one attached hydrogen (secondary N) is 2. The number of carbonyl (C=O) groups is 6. The van der Waals surface area contributed by atoms with Crippen molar-refractivity contribution >= 4 is 35.5 Å². The lowest BCUT2D eigenvalue weighted by Gasteiger charge is -2.30. The number of hydrogen-bond acceptors (Lipinski definition) is 12. The average Bonchev–Trinajstić information content (AvgIpc) is 3.00. The number of nitrogens with zero attached hydrogens (tertiary/aromatic N) is 4. The van der Waals surface area contributed by atoms with Gasteiger partial charge in [0.05, 0.1) is 6.61 Å². The van der Waals surface area contributed by atoms with Crippen LogP contribution in [0.4, 0.5) is 0 Å². The zero-order valence-corrected chi connectivity index (χ0v) is 28.5. The van der Waals surface area contributed by atoms with E-state index in [1.807, 2.05) is 0 Å². The van der Waals surface area contributed by atoms with Crippen LogP contribution >= 0.6 is 0 Å². The lowest BCUT2D eigenvalue weighted by molar-refractivity contribution is -0.163. The van der Waals surface area contributed by atoms with Crippen LogP contribution in [-0.4, -0.2) is 141 Å². The first-order valence-electron chi connectivity index (χ1n) is 15.9. The number of esters is 1. The van der Waals surface area contributed by atoms with Crippen LogP contribution in [0.1, 0.15) is 72.1 Å². The highest BCUT2D eigenvalue weighted by Crippen LogP contribution is 2.11. The van der Waals surface area contributed by atoms with E-state index < -0.39 is 53.6 Å². The smallest absolute Gasteiger partial charge is 0.323 e. The second kappa shape index (κ2) is 21.9. The first-order chi connectivity index (χ1) is 22.6. The molecule has 0 aromatic heterocycles. The molecule has 17 nitrogen and oxygen atoms in total. The Morgan fingerprint density at radius 2 is 1.23 bits per heavy atom. The maximum atomic E-state index is 12.7. The third-order valence-electron chi connectivity index (χ3n) is 7.59. The van der Waals surface area contributed by atoms with E-state index in [1.54, 1.807) is 32.8 Å². The maximum Gasteiger partial charge on any atom is 0.323 e. The van der Waals surface area contributed by atoms with Gasteiger partial charge < -0.3 is 20.5 Å². The van der Waals surface area contributed by atoms with Gasteiger partial charge in [0.1, 0.15) is 18.1 Å². The lowest BCUT2D eigenvalue weighted by Crippen LogP contribution is -2.61. The molecule has 1 aliphatic rings. The molecule has 0 aromatic carbocycles. The third-order valence-corrected chi connectivity index (χ3v) is 7.59. The largest absolute Gasteiger partial charge is 0.464 e. The van der Waals surface area contributed by atoms with Gasteiger partial charge in [-0.25, -0.2) is 15.2 Å². The molecule has 0 aromatic rings. The molecule has 1 saturated heterocycles. The van der Waals surface area contributed by atoms with Crippen molar-refractivity contribution in [2.45, 2.75) is 90.3 Å². The minimum absolute atomic E-state index is 0.000859. The van der Waals surface area contributed by atoms with Gasteiger partial charge in [0.25, 0.3) is 11.8 Å². The normalized spacial score (nSPS) is 17.4. The summed E-state index contributed by atoms with van der Waals surface area (Å²) in [6, 6.07) is -2.27. The Morgan fingerprint density at radius 1 is 0.771 bits per heavy atom. The molecule has 0 spiro atoms. The van der Waals surface area contributed by atoms with Crippen molar-refractivity contribution in [3.8, 4) is 0 Å². The zero-order chi connectivity index (χ0) is 36.4. The average molecular weight is 685 g/mol. The molecule has 0 saturated carbocycles. The summed E-state index contributed by atoms with van der Waals surface area (Å²) in [5.74, 6) is -3.16. The van der Waals surface area contributed by atoms with Crippen LogP contribution in [0, 0.1) is 0 Å². The number of aliphatic hydroxyl groups excluding tert-OH is 1. The van der Waals surface area contributed by atoms with Gasteiger partial charge in [0.2, 0.25) is 17.7 Å². The van der Waals surface area contributed by atoms with E-state index in [0.717, 1.165) is 0 Å². The van der Waals surface area contributed by atoms with Crippen LogP contribution in [0.3, 0.4) is 0 Å². The summed E-state index contributed by atoms with van der Waals surface area (Å²) in [5, 5.41) is 45.3. The molecule has 1 rings (SSSR count). The van der Waals surface area contributed by atoms with Gasteiger partial charge in [-0.2, -0.15) is 0 Å². The fraction of sp³-hybridized carbons (Fsp3) is 0.677. The lowest BCUT2D eigenvalue weighted by atomic mass is 10.0. The van der Waals surface area contributed by atoms with Crippen molar-refractivity contribution in [2.24, 2.45) is 0 Å². The van der Waals surface area contributed by atoms with Crippen molar-refractivity contribution in [3.63, 3.8) is 0 Å². The molecule has 1 heterocycles. The monoisotopic (exact) mass is 684 g/mol. The van der Waals surface area contributed by atoms with Crippen LogP contribution in [-0.2, 0) is 33.5 Å². The number of hydroxylamine groups is 6. The van der Waals surface area contributed by atoms with Crippen molar-refractivity contribution in [1.82, 2.24) is 30.7 Å². The molecule has 1 aliphatic heterocycles. The number of likely N-dealkylation sites (N-methyl/N-ethyl adjacent to an activating group) is 1. The van der Waals surface area contributed by atoms with Gasteiger partial charge in [-0.1, -0.05) is 11.1 Å². The molecule has 48 heavy (non-hydrogen) atoms. The predicted octanol–water partition coefficient (Wildman–Crippen LogP) is 0.122. The van der Waals surface area contributed by atoms with Gasteiger partial charge in [0.15, 0.2) is 0 Å². The molecule has 0 radical (unpaired) electrons. The van der Waals surface area contributed by atoms with Gasteiger partial charge in [-0.15, -0.1) is 0 Å². The topological polar surface area (TPSA) is 230 Å². The van der Waals surface area contributed by atoms with Crippen LogP contribution in [0.2, 0.25) is 0 Å². The van der Waals surface area contributed by atoms with Gasteiger partial charge in [0, 0.05) is 51.7 Å². The number of piperazine rings is 1. The third kappa shape index (κ3) is 15.8. The molecular formula is C31H52N6O11. The fourth-order valence-corrected chi connectivity index (χ4v) is 4.67. The summed E-state index contributed by atoms with van der Waals surface area (Å²) in [4.78, 5) is 74.7. The van der Waals surface area contributed by atoms with Crippen molar-refractivity contribution in [1.29, 1.82) is 0 Å². The zero-order valence-electron chi connectivity index (χ0n) is 28.5. The molecular weight excluding hydrogens is 632 g/mol. The van der Waals surface area contributed by atoms with Crippen LogP contribution in [0.25, 0.3) is 0 Å². The highest BCUT2D eigenvalue weighted by atomic mass is 16.5. The maximum absolute atomic E-state index is 12.7. The minimum Gasteiger partial charge on any atom is -0.464 e. The summed E-state index contributed by atoms with van der Waals surface area (Å²) in [6.07, 6.45) is 4.53. The van der Waals surface area contributed by atoms with E-state index >= 15 is 0 Å². The molecule has 3 atom stereocenters. The van der Waals surface area contributed by atoms with Crippen LogP contribution < -0.4 is 10.6 Å². The molecule has 6 N–H and O–H groups in total. The van der Waals surface area contributed by atoms with E-state index in [9.17, 15) is 44.4 Å². The molecule has 272 valence electrons. The molecule has 1 fully saturated rings. The van der Waals surface area contributed by atoms with Gasteiger partial charge in [-0.05, 0) is 72.9 Å². The quantitative estimate of drug-likeness (QED) is 0.0410. The Bertz CT molecular complexity index is 1180. The molecule has 0 aliphatic carbocycles. The Balaban J connectivity index is 2.42. The molecule has 0 bridgehead atoms. The molecule has 5 amide bonds. The summed E-state index contributed by atoms with van der Waals surface area (Å²) in [6.45, 7) is 4.32. The number of ether oxygens (including phenoxy) is 1. The number of rotatable bonds is 21. The van der Waals surface area contributed by atoms with E-state index in [1.165, 1.54) is 19.1 Å². The van der Waals surface area contributed by atoms with E-state index in [0.29, 0.717) is 52.0 Å². The number of amides is 5. The predicted molar refractivity (Wildman–Crippen MR) is 170 cm³/mol. The second-order valence-corrected chi connectivity index (χ2v) is 12.0. The minimum atomic E-state index is -0.837. The van der Waals surface area contributed by atoms with Crippen LogP contribution in [0.15, 0.2) is 23.3 Å². The Morgan fingerprint density at radius 3 is 1.69 bits per heavy atom. The summed E-state index contributed by atoms with van der Waals surface area (Å²) >= 11 is 0. The molecule has 3 unspecified atom stereocenters. The first kappa shape index (κ1) is 42.1. The van der Waals surface area contributed by atoms with Crippen molar-refractivity contribution in [2.75, 3.05) is 46.9 Å². The Kier molecular flexibility index (Phi) is 19.2. The summed E-state index contributed by atoms with van der Waals surface area (Å²) in [7, 11) is 3.40. The fourth-order valence-electron chi connectivity index (χ4n) is 4.67. The Hall–Kier alpha value is -3.90.